The van der Waals surface area contributed by atoms with Gasteiger partial charge in [-0.05, 0) is 0 Å². The van der Waals surface area contributed by atoms with Crippen molar-refractivity contribution in [3.8, 4) is 0 Å². The number of nitrogens with one attached hydrogen (secondary N) is 2. The number of thiol groups is 1. The van der Waals surface area contributed by atoms with Gasteiger partial charge in [-0.1, -0.05) is 20.9 Å². The molecule has 0 aliphatic rings. The molecule has 0 aromatic heterocycles. The van der Waals surface area contributed by atoms with Crippen LogP contribution < -0.4 is 16.4 Å². The second kappa shape index (κ2) is 15.0. The van der Waals surface area contributed by atoms with Gasteiger partial charge in [0.2, 0.25) is 0 Å². The fraction of sp³-hybridized carbons (Fsp3) is 0.400. The average Bonchev–Trinajstić information content (AvgIpc) is 1.96. The summed E-state index contributed by atoms with van der Waals surface area (Å²) in [5.74, 6) is 0. The molecule has 0 heterocycles. The van der Waals surface area contributed by atoms with Crippen molar-refractivity contribution in [3.63, 3.8) is 0 Å². The van der Waals surface area contributed by atoms with Gasteiger partial charge in [-0.3, -0.25) is 0 Å². The smallest absolute Gasteiger partial charge is 0.412 e. The predicted octanol–water partition coefficient (Wildman–Crippen LogP) is -0.0135. The van der Waals surface area contributed by atoms with E-state index in [2.05, 4.69) is 85.2 Å². The molecule has 0 fully saturated rings. The molecule has 0 aromatic carbocycles. The second-order valence-corrected chi connectivity index (χ2v) is 5.14. The Balaban J connectivity index is -0.000000249. The Labute approximate surface area is 133 Å². The van der Waals surface area contributed by atoms with Gasteiger partial charge in [-0.15, -0.1) is 12.6 Å². The molecule has 15 heavy (non-hydrogen) atoms. The van der Waals surface area contributed by atoms with E-state index < -0.39 is 0 Å². The minimum absolute atomic E-state index is 0. The van der Waals surface area contributed by atoms with Crippen LogP contribution in [0.4, 0.5) is 0 Å². The summed E-state index contributed by atoms with van der Waals surface area (Å²) in [6.07, 6.45) is 0. The van der Waals surface area contributed by atoms with E-state index in [4.69, 9.17) is 5.73 Å². The van der Waals surface area contributed by atoms with Crippen LogP contribution in [-0.2, 0) is 42.3 Å². The Kier molecular flexibility index (Phi) is 21.3. The van der Waals surface area contributed by atoms with Crippen LogP contribution in [0.15, 0.2) is 0 Å². The summed E-state index contributed by atoms with van der Waals surface area (Å²) >= 11 is 26.0. The molecule has 0 bridgehead atoms. The van der Waals surface area contributed by atoms with Crippen LogP contribution in [0.25, 0.3) is 0 Å². The maximum absolute atomic E-state index is 4.71. The zero-order chi connectivity index (χ0) is 11.6. The Bertz CT molecular complexity index is 191. The molecule has 0 spiro atoms. The number of hydrogen-bond donors (Lipinski definition) is 4. The third-order valence-corrected chi connectivity index (χ3v) is 1.24. The van der Waals surface area contributed by atoms with Crippen molar-refractivity contribution in [2.45, 2.75) is 0 Å². The molecule has 3 nitrogen and oxygen atoms in total. The Hall–Kier alpha value is 0.979. The molecule has 4 N–H and O–H groups in total. The van der Waals surface area contributed by atoms with E-state index in [9.17, 15) is 0 Å². The largest absolute Gasteiger partial charge is 2.00 e. The summed E-state index contributed by atoms with van der Waals surface area (Å²) in [4.78, 5) is 0. The van der Waals surface area contributed by atoms with Crippen molar-refractivity contribution >= 4 is 87.5 Å². The van der Waals surface area contributed by atoms with Gasteiger partial charge in [0.1, 0.15) is 4.32 Å². The van der Waals surface area contributed by atoms with Gasteiger partial charge in [0.15, 0.2) is 0 Å². The van der Waals surface area contributed by atoms with Crippen molar-refractivity contribution in [2.75, 3.05) is 13.1 Å². The van der Waals surface area contributed by atoms with Crippen molar-refractivity contribution in [3.05, 3.63) is 0 Å². The molecule has 1 radical (unpaired) electrons. The first-order chi connectivity index (χ1) is 6.36. The fourth-order valence-electron chi connectivity index (χ4n) is 0.329. The second-order valence-electron chi connectivity index (χ2n) is 1.77. The minimum Gasteiger partial charge on any atom is -0.412 e. The third kappa shape index (κ3) is 39.6. The number of hydrogen-bond acceptors (Lipinski definition) is 5. The number of rotatable bonds is 3. The topological polar surface area (TPSA) is 50.1 Å². The monoisotopic (exact) mass is 358 g/mol. The Morgan fingerprint density at radius 3 is 1.40 bits per heavy atom. The molecule has 0 unspecified atom stereocenters. The first-order valence-electron chi connectivity index (χ1n) is 3.24. The molecule has 0 aliphatic heterocycles. The van der Waals surface area contributed by atoms with Crippen LogP contribution >= 0.6 is 49.3 Å². The van der Waals surface area contributed by atoms with Gasteiger partial charge in [0.05, 0.1) is 0 Å². The molecule has 0 saturated heterocycles. The van der Waals surface area contributed by atoms with Gasteiger partial charge >= 0.3 is 17.1 Å². The molecular weight excluding hydrogens is 349 g/mol. The molecule has 0 amide bonds. The predicted molar refractivity (Wildman–Crippen MR) is 81.7 cm³/mol. The zero-order valence-electron chi connectivity index (χ0n) is 7.36. The summed E-state index contributed by atoms with van der Waals surface area (Å²) in [6, 6.07) is 0. The summed E-state index contributed by atoms with van der Waals surface area (Å²) in [6.45, 7) is 1.33. The minimum atomic E-state index is 0. The van der Waals surface area contributed by atoms with E-state index in [0.29, 0.717) is 21.7 Å². The van der Waals surface area contributed by atoms with Crippen LogP contribution in [0.3, 0.4) is 0 Å². The van der Waals surface area contributed by atoms with E-state index in [1.165, 1.54) is 0 Å². The van der Waals surface area contributed by atoms with Crippen LogP contribution in [0.2, 0.25) is 0 Å². The van der Waals surface area contributed by atoms with E-state index in [1.807, 2.05) is 0 Å². The van der Waals surface area contributed by atoms with Crippen LogP contribution in [0.5, 0.6) is 0 Å². The SMILES string of the molecule is NC(=S)S.S=C([S-])NCCNC(=S)[S-].[Mn+2]. The first kappa shape index (κ1) is 21.3. The summed E-state index contributed by atoms with van der Waals surface area (Å²) in [5, 5.41) is 5.56. The maximum atomic E-state index is 4.71. The van der Waals surface area contributed by atoms with Crippen molar-refractivity contribution < 1.29 is 17.1 Å². The maximum Gasteiger partial charge on any atom is 2.00 e. The Morgan fingerprint density at radius 1 is 1.07 bits per heavy atom. The molecule has 0 rings (SSSR count). The number of thiocarbonyl (C=S) groups is 3. The third-order valence-electron chi connectivity index (χ3n) is 0.664. The van der Waals surface area contributed by atoms with Gasteiger partial charge in [0.25, 0.3) is 0 Å². The zero-order valence-corrected chi connectivity index (χ0v) is 13.5. The van der Waals surface area contributed by atoms with Gasteiger partial charge in [-0.25, -0.2) is 0 Å². The summed E-state index contributed by atoms with van der Waals surface area (Å²) in [7, 11) is 0. The standard InChI is InChI=1S/C4H8N2S4.CH3NS2.Mn/c7-3(8)5-1-2-6-4(9)10;2-1(3)4;/h1-2H2,(H2,5,7,8)(H2,6,9,10);(H3,2,3,4);/q;;+2/p-2. The number of nitrogens with two attached hydrogens (primary N) is 1. The van der Waals surface area contributed by atoms with Crippen LogP contribution in [-0.4, -0.2) is 26.1 Å². The molecule has 10 heteroatoms. The van der Waals surface area contributed by atoms with Crippen molar-refractivity contribution in [1.29, 1.82) is 0 Å². The van der Waals surface area contributed by atoms with Gasteiger partial charge in [0, 0.05) is 13.1 Å². The molecule has 0 atom stereocenters. The fourth-order valence-corrected chi connectivity index (χ4v) is 0.737. The average molecular weight is 358 g/mol. The van der Waals surface area contributed by atoms with Gasteiger partial charge < -0.3 is 66.1 Å². The van der Waals surface area contributed by atoms with Crippen molar-refractivity contribution in [2.24, 2.45) is 5.73 Å². The van der Waals surface area contributed by atoms with E-state index in [-0.39, 0.29) is 21.4 Å². The molecule has 0 aliphatic carbocycles. The summed E-state index contributed by atoms with van der Waals surface area (Å²) in [5.41, 5.74) is 4.71. The van der Waals surface area contributed by atoms with Gasteiger partial charge in [-0.2, -0.15) is 0 Å². The molecule has 0 saturated carbocycles. The Morgan fingerprint density at radius 2 is 1.27 bits per heavy atom. The first-order valence-corrected chi connectivity index (χ1v) is 5.73. The van der Waals surface area contributed by atoms with Crippen LogP contribution in [0, 0.1) is 0 Å². The van der Waals surface area contributed by atoms with Crippen molar-refractivity contribution in [1.82, 2.24) is 10.6 Å². The molecule has 87 valence electrons. The normalized spacial score (nSPS) is 7.27. The van der Waals surface area contributed by atoms with E-state index in [1.54, 1.807) is 0 Å². The van der Waals surface area contributed by atoms with E-state index >= 15 is 0 Å². The molecular formula is C5H9MnN3S6. The molecule has 0 aromatic rings. The van der Waals surface area contributed by atoms with Crippen LogP contribution in [0.1, 0.15) is 0 Å². The van der Waals surface area contributed by atoms with E-state index in [0.717, 1.165) is 0 Å². The summed E-state index contributed by atoms with van der Waals surface area (Å²) < 4.78 is 0.939. The quantitative estimate of drug-likeness (QED) is 0.185.